The molecule has 3 nitrogen and oxygen atoms in total. The Morgan fingerprint density at radius 1 is 1.00 bits per heavy atom. The monoisotopic (exact) mass is 393 g/mol. The Balaban J connectivity index is 2.36. The fourth-order valence-corrected chi connectivity index (χ4v) is 3.59. The molecule has 0 spiro atoms. The lowest BCUT2D eigenvalue weighted by atomic mass is 9.96. The molecule has 0 heterocycles. The number of amides is 1. The molecule has 0 fully saturated rings. The van der Waals surface area contributed by atoms with Crippen LogP contribution in [0.4, 0.5) is 0 Å². The Morgan fingerprint density at radius 3 is 1.88 bits per heavy atom. The van der Waals surface area contributed by atoms with Crippen molar-refractivity contribution in [2.75, 3.05) is 13.1 Å². The van der Waals surface area contributed by atoms with Crippen LogP contribution in [0.2, 0.25) is 10.0 Å². The molecule has 1 atom stereocenters. The van der Waals surface area contributed by atoms with Crippen LogP contribution in [0.5, 0.6) is 0 Å². The highest BCUT2D eigenvalue weighted by Gasteiger charge is 2.22. The molecule has 1 unspecified atom stereocenters. The van der Waals surface area contributed by atoms with Crippen molar-refractivity contribution in [3.8, 4) is 0 Å². The third kappa shape index (κ3) is 4.40. The molecular formula is C21H25Cl2NO2. The van der Waals surface area contributed by atoms with Crippen molar-refractivity contribution in [3.63, 3.8) is 0 Å². The molecular weight excluding hydrogens is 369 g/mol. The van der Waals surface area contributed by atoms with Gasteiger partial charge in [-0.05, 0) is 43.0 Å². The standard InChI is InChI=1S/C21H25Cl2NO2/c1-5-24(6-2)21(26)16-11-17(22)19(18(23)12-16)20(25)15-9-7-14(8-10-15)13(3)4/h7-13,20,25H,5-6H2,1-4H3. The molecule has 2 rings (SSSR count). The van der Waals surface area contributed by atoms with Gasteiger partial charge in [-0.1, -0.05) is 61.3 Å². The van der Waals surface area contributed by atoms with Gasteiger partial charge < -0.3 is 10.0 Å². The SMILES string of the molecule is CCN(CC)C(=O)c1cc(Cl)c(C(O)c2ccc(C(C)C)cc2)c(Cl)c1. The van der Waals surface area contributed by atoms with Crippen LogP contribution in [0.1, 0.15) is 66.8 Å². The molecule has 1 N–H and O–H groups in total. The largest absolute Gasteiger partial charge is 0.384 e. The van der Waals surface area contributed by atoms with Crippen molar-refractivity contribution in [2.24, 2.45) is 0 Å². The molecule has 0 aliphatic carbocycles. The minimum atomic E-state index is -0.950. The van der Waals surface area contributed by atoms with Gasteiger partial charge in [-0.3, -0.25) is 4.79 Å². The van der Waals surface area contributed by atoms with E-state index in [1.54, 1.807) is 17.0 Å². The number of carbonyl (C=O) groups excluding carboxylic acids is 1. The smallest absolute Gasteiger partial charge is 0.253 e. The molecule has 26 heavy (non-hydrogen) atoms. The van der Waals surface area contributed by atoms with E-state index in [2.05, 4.69) is 13.8 Å². The quantitative estimate of drug-likeness (QED) is 0.685. The number of halogens is 2. The Hall–Kier alpha value is -1.55. The predicted octanol–water partition coefficient (Wildman–Crippen LogP) is 5.68. The van der Waals surface area contributed by atoms with Gasteiger partial charge >= 0.3 is 0 Å². The van der Waals surface area contributed by atoms with Gasteiger partial charge in [-0.15, -0.1) is 0 Å². The van der Waals surface area contributed by atoms with E-state index >= 15 is 0 Å². The normalized spacial score (nSPS) is 12.3. The molecule has 2 aromatic carbocycles. The highest BCUT2D eigenvalue weighted by molar-refractivity contribution is 6.36. The van der Waals surface area contributed by atoms with Gasteiger partial charge in [0.15, 0.2) is 0 Å². The summed E-state index contributed by atoms with van der Waals surface area (Å²) in [5.41, 5.74) is 2.75. The van der Waals surface area contributed by atoms with Crippen molar-refractivity contribution >= 4 is 29.1 Å². The number of rotatable bonds is 6. The summed E-state index contributed by atoms with van der Waals surface area (Å²) in [7, 11) is 0. The van der Waals surface area contributed by atoms with E-state index in [-0.39, 0.29) is 16.0 Å². The molecule has 1 amide bonds. The average Bonchev–Trinajstić information content (AvgIpc) is 2.61. The van der Waals surface area contributed by atoms with Gasteiger partial charge in [-0.2, -0.15) is 0 Å². The number of aliphatic hydroxyl groups excluding tert-OH is 1. The molecule has 0 radical (unpaired) electrons. The summed E-state index contributed by atoms with van der Waals surface area (Å²) in [6, 6.07) is 10.9. The first-order valence-electron chi connectivity index (χ1n) is 8.86. The number of carbonyl (C=O) groups is 1. The van der Waals surface area contributed by atoms with Crippen molar-refractivity contribution in [2.45, 2.75) is 39.7 Å². The van der Waals surface area contributed by atoms with E-state index in [9.17, 15) is 9.90 Å². The third-order valence-electron chi connectivity index (χ3n) is 4.57. The van der Waals surface area contributed by atoms with Crippen LogP contribution >= 0.6 is 23.2 Å². The number of hydrogen-bond donors (Lipinski definition) is 1. The second-order valence-corrected chi connectivity index (χ2v) is 7.37. The number of aliphatic hydroxyl groups is 1. The Labute approximate surface area is 165 Å². The minimum absolute atomic E-state index is 0.124. The van der Waals surface area contributed by atoms with Crippen LogP contribution < -0.4 is 0 Å². The van der Waals surface area contributed by atoms with Crippen LogP contribution in [0.3, 0.4) is 0 Å². The maximum absolute atomic E-state index is 12.5. The van der Waals surface area contributed by atoms with Gasteiger partial charge in [0.1, 0.15) is 6.10 Å². The average molecular weight is 394 g/mol. The Morgan fingerprint density at radius 2 is 1.46 bits per heavy atom. The van der Waals surface area contributed by atoms with E-state index in [0.717, 1.165) is 0 Å². The maximum Gasteiger partial charge on any atom is 0.253 e. The van der Waals surface area contributed by atoms with E-state index in [1.807, 2.05) is 38.1 Å². The zero-order chi connectivity index (χ0) is 19.4. The third-order valence-corrected chi connectivity index (χ3v) is 5.19. The summed E-state index contributed by atoms with van der Waals surface area (Å²) in [5.74, 6) is 0.292. The van der Waals surface area contributed by atoms with Crippen LogP contribution in [0.25, 0.3) is 0 Å². The second-order valence-electron chi connectivity index (χ2n) is 6.55. The number of benzene rings is 2. The highest BCUT2D eigenvalue weighted by Crippen LogP contribution is 2.36. The van der Waals surface area contributed by atoms with E-state index in [0.29, 0.717) is 35.7 Å². The van der Waals surface area contributed by atoms with Crippen LogP contribution in [-0.4, -0.2) is 29.0 Å². The molecule has 140 valence electrons. The Bertz CT molecular complexity index is 745. The summed E-state index contributed by atoms with van der Waals surface area (Å²) < 4.78 is 0. The van der Waals surface area contributed by atoms with Crippen molar-refractivity contribution in [1.82, 2.24) is 4.90 Å². The zero-order valence-electron chi connectivity index (χ0n) is 15.6. The molecule has 0 aliphatic rings. The first-order chi connectivity index (χ1) is 12.3. The lowest BCUT2D eigenvalue weighted by Crippen LogP contribution is -2.30. The van der Waals surface area contributed by atoms with Gasteiger partial charge in [0.2, 0.25) is 0 Å². The molecule has 5 heteroatoms. The van der Waals surface area contributed by atoms with Crippen LogP contribution in [0.15, 0.2) is 36.4 Å². The summed E-state index contributed by atoms with van der Waals surface area (Å²) >= 11 is 12.8. The van der Waals surface area contributed by atoms with E-state index in [1.165, 1.54) is 5.56 Å². The van der Waals surface area contributed by atoms with Crippen LogP contribution in [-0.2, 0) is 0 Å². The Kier molecular flexibility index (Phi) is 7.10. The van der Waals surface area contributed by atoms with Gasteiger partial charge in [0.25, 0.3) is 5.91 Å². The summed E-state index contributed by atoms with van der Waals surface area (Å²) in [6.45, 7) is 9.29. The molecule has 0 aliphatic heterocycles. The lowest BCUT2D eigenvalue weighted by Gasteiger charge is -2.21. The van der Waals surface area contributed by atoms with E-state index < -0.39 is 6.10 Å². The minimum Gasteiger partial charge on any atom is -0.384 e. The fourth-order valence-electron chi connectivity index (χ4n) is 2.89. The molecule has 0 bridgehead atoms. The predicted molar refractivity (Wildman–Crippen MR) is 108 cm³/mol. The van der Waals surface area contributed by atoms with E-state index in [4.69, 9.17) is 23.2 Å². The molecule has 2 aromatic rings. The van der Waals surface area contributed by atoms with Crippen LogP contribution in [0, 0.1) is 0 Å². The first kappa shape index (κ1) is 20.8. The molecule has 0 aromatic heterocycles. The number of hydrogen-bond acceptors (Lipinski definition) is 2. The van der Waals surface area contributed by atoms with Crippen molar-refractivity contribution in [1.29, 1.82) is 0 Å². The fraction of sp³-hybridized carbons (Fsp3) is 0.381. The first-order valence-corrected chi connectivity index (χ1v) is 9.61. The van der Waals surface area contributed by atoms with Crippen molar-refractivity contribution < 1.29 is 9.90 Å². The molecule has 0 saturated carbocycles. The lowest BCUT2D eigenvalue weighted by molar-refractivity contribution is 0.0773. The van der Waals surface area contributed by atoms with Gasteiger partial charge in [-0.25, -0.2) is 0 Å². The topological polar surface area (TPSA) is 40.5 Å². The zero-order valence-corrected chi connectivity index (χ0v) is 17.1. The summed E-state index contributed by atoms with van der Waals surface area (Å²) in [6.07, 6.45) is -0.950. The second kappa shape index (κ2) is 8.90. The number of nitrogens with zero attached hydrogens (tertiary/aromatic N) is 1. The van der Waals surface area contributed by atoms with Gasteiger partial charge in [0.05, 0.1) is 0 Å². The molecule has 0 saturated heterocycles. The summed E-state index contributed by atoms with van der Waals surface area (Å²) in [5, 5.41) is 11.3. The van der Waals surface area contributed by atoms with Crippen molar-refractivity contribution in [3.05, 3.63) is 68.7 Å². The van der Waals surface area contributed by atoms with Gasteiger partial charge in [0, 0.05) is 34.3 Å². The maximum atomic E-state index is 12.5. The summed E-state index contributed by atoms with van der Waals surface area (Å²) in [4.78, 5) is 14.2. The highest BCUT2D eigenvalue weighted by atomic mass is 35.5.